The molecule has 2 aromatic carbocycles. The zero-order valence-corrected chi connectivity index (χ0v) is 15.8. The molecule has 29 heavy (non-hydrogen) atoms. The summed E-state index contributed by atoms with van der Waals surface area (Å²) in [5, 5.41) is 5.54. The lowest BCUT2D eigenvalue weighted by Gasteiger charge is -2.12. The highest BCUT2D eigenvalue weighted by atomic mass is 16.1. The molecule has 0 fully saturated rings. The van der Waals surface area contributed by atoms with E-state index >= 15 is 0 Å². The van der Waals surface area contributed by atoms with E-state index in [0.29, 0.717) is 23.6 Å². The molecule has 2 heterocycles. The Bertz CT molecular complexity index is 1130. The van der Waals surface area contributed by atoms with Crippen molar-refractivity contribution < 1.29 is 4.79 Å². The van der Waals surface area contributed by atoms with Gasteiger partial charge in [-0.1, -0.05) is 68.9 Å². The van der Waals surface area contributed by atoms with Crippen LogP contribution >= 0.6 is 0 Å². The Labute approximate surface area is 170 Å². The van der Waals surface area contributed by atoms with E-state index in [2.05, 4.69) is 29.0 Å². The summed E-state index contributed by atoms with van der Waals surface area (Å²) >= 11 is 0. The fourth-order valence-electron chi connectivity index (χ4n) is 3.37. The maximum atomic E-state index is 11.6. The van der Waals surface area contributed by atoms with Crippen LogP contribution in [-0.4, -0.2) is 25.5 Å². The topological polar surface area (TPSA) is 86.7 Å². The normalized spacial score (nSPS) is 11.8. The molecular weight excluding hydrogens is 362 g/mol. The number of ketones is 1. The molecule has 0 aliphatic carbocycles. The van der Waals surface area contributed by atoms with Gasteiger partial charge >= 0.3 is 0 Å². The Balaban J connectivity index is 0.00000240. The number of nitrogens with zero attached hydrogens (tertiary/aromatic N) is 4. The van der Waals surface area contributed by atoms with Crippen LogP contribution in [-0.2, 0) is 6.54 Å². The predicted octanol–water partition coefficient (Wildman–Crippen LogP) is 4.72. The summed E-state index contributed by atoms with van der Waals surface area (Å²) in [4.78, 5) is 20.1. The summed E-state index contributed by atoms with van der Waals surface area (Å²) in [6.45, 7) is 4.38. The molecule has 0 bridgehead atoms. The van der Waals surface area contributed by atoms with E-state index in [-0.39, 0.29) is 19.1 Å². The minimum absolute atomic E-state index is 0. The summed E-state index contributed by atoms with van der Waals surface area (Å²) in [7, 11) is 0. The molecule has 2 N–H and O–H groups in total. The van der Waals surface area contributed by atoms with Gasteiger partial charge in [-0.2, -0.15) is 5.10 Å². The van der Waals surface area contributed by atoms with Crippen molar-refractivity contribution in [2.24, 2.45) is 0 Å². The molecule has 148 valence electrons. The first-order valence-electron chi connectivity index (χ1n) is 9.18. The second-order valence-corrected chi connectivity index (χ2v) is 6.93. The van der Waals surface area contributed by atoms with E-state index in [0.717, 1.165) is 16.6 Å². The number of carbonyl (C=O) groups is 1. The smallest absolute Gasteiger partial charge is 0.163 e. The number of rotatable bonds is 5. The first kappa shape index (κ1) is 20.2. The van der Waals surface area contributed by atoms with E-state index in [4.69, 9.17) is 10.8 Å². The lowest BCUT2D eigenvalue weighted by molar-refractivity contribution is 0.101. The Morgan fingerprint density at radius 3 is 2.41 bits per heavy atom. The maximum Gasteiger partial charge on any atom is 0.163 e. The van der Waals surface area contributed by atoms with Gasteiger partial charge in [-0.3, -0.25) is 4.79 Å². The molecule has 0 saturated carbocycles. The van der Waals surface area contributed by atoms with E-state index in [1.807, 2.05) is 35.0 Å². The molecule has 0 aliphatic heterocycles. The fourth-order valence-corrected chi connectivity index (χ4v) is 3.37. The minimum Gasteiger partial charge on any atom is -0.383 e. The van der Waals surface area contributed by atoms with Crippen molar-refractivity contribution in [3.8, 4) is 11.3 Å². The van der Waals surface area contributed by atoms with Crippen molar-refractivity contribution in [1.82, 2.24) is 19.7 Å². The van der Waals surface area contributed by atoms with Gasteiger partial charge in [-0.05, 0) is 12.5 Å². The lowest BCUT2D eigenvalue weighted by atomic mass is 10.0. The number of aromatic nitrogens is 4. The third kappa shape index (κ3) is 3.87. The van der Waals surface area contributed by atoms with Gasteiger partial charge in [-0.25, -0.2) is 14.6 Å². The van der Waals surface area contributed by atoms with Crippen LogP contribution in [0.3, 0.4) is 0 Å². The molecule has 4 rings (SSSR count). The molecule has 1 unspecified atom stereocenters. The van der Waals surface area contributed by atoms with E-state index in [9.17, 15) is 4.79 Å². The van der Waals surface area contributed by atoms with Gasteiger partial charge in [0.05, 0.1) is 5.39 Å². The SMILES string of the molecule is C.CC(=O)c1ccc(-c2nn(CC(C)c3ccccc3)c3ncnc(N)c23)cc1. The number of benzene rings is 2. The van der Waals surface area contributed by atoms with Crippen molar-refractivity contribution in [2.75, 3.05) is 5.73 Å². The summed E-state index contributed by atoms with van der Waals surface area (Å²) in [5.41, 5.74) is 10.4. The van der Waals surface area contributed by atoms with Crippen LogP contribution in [0.15, 0.2) is 60.9 Å². The summed E-state index contributed by atoms with van der Waals surface area (Å²) in [5.74, 6) is 0.684. The first-order chi connectivity index (χ1) is 13.5. The van der Waals surface area contributed by atoms with E-state index < -0.39 is 0 Å². The first-order valence-corrected chi connectivity index (χ1v) is 9.18. The van der Waals surface area contributed by atoms with Crippen LogP contribution in [0, 0.1) is 0 Å². The minimum atomic E-state index is 0. The Hall–Kier alpha value is -3.54. The van der Waals surface area contributed by atoms with E-state index in [1.54, 1.807) is 19.1 Å². The Morgan fingerprint density at radius 1 is 1.07 bits per heavy atom. The molecule has 2 aromatic heterocycles. The van der Waals surface area contributed by atoms with Crippen LogP contribution in [0.4, 0.5) is 5.82 Å². The van der Waals surface area contributed by atoms with Crippen molar-refractivity contribution in [3.63, 3.8) is 0 Å². The molecule has 6 nitrogen and oxygen atoms in total. The second kappa shape index (κ2) is 8.22. The van der Waals surface area contributed by atoms with Gasteiger partial charge in [0.1, 0.15) is 17.8 Å². The van der Waals surface area contributed by atoms with E-state index in [1.165, 1.54) is 11.9 Å². The molecule has 0 radical (unpaired) electrons. The average Bonchev–Trinajstić information content (AvgIpc) is 3.08. The third-order valence-electron chi connectivity index (χ3n) is 4.94. The predicted molar refractivity (Wildman–Crippen MR) is 117 cm³/mol. The highest BCUT2D eigenvalue weighted by molar-refractivity contribution is 5.99. The number of hydrogen-bond donors (Lipinski definition) is 1. The van der Waals surface area contributed by atoms with Crippen LogP contribution < -0.4 is 5.73 Å². The van der Waals surface area contributed by atoms with Gasteiger partial charge in [0, 0.05) is 23.6 Å². The zero-order chi connectivity index (χ0) is 19.7. The van der Waals surface area contributed by atoms with Gasteiger partial charge < -0.3 is 5.73 Å². The van der Waals surface area contributed by atoms with Crippen molar-refractivity contribution in [3.05, 3.63) is 72.1 Å². The van der Waals surface area contributed by atoms with Crippen LogP contribution in [0.25, 0.3) is 22.3 Å². The van der Waals surface area contributed by atoms with Crippen LogP contribution in [0.1, 0.15) is 43.1 Å². The molecule has 4 aromatic rings. The standard InChI is InChI=1S/C22H21N5O.CH4/c1-14(16-6-4-3-5-7-16)12-27-22-19(21(23)24-13-25-22)20(26-27)18-10-8-17(9-11-18)15(2)28;/h3-11,13-14H,12H2,1-2H3,(H2,23,24,25);1H4. The fraction of sp³-hybridized carbons (Fsp3) is 0.217. The molecule has 1 atom stereocenters. The molecular formula is C23H25N5O. The van der Waals surface area contributed by atoms with Gasteiger partial charge in [0.25, 0.3) is 0 Å². The number of anilines is 1. The largest absolute Gasteiger partial charge is 0.383 e. The lowest BCUT2D eigenvalue weighted by Crippen LogP contribution is -2.08. The third-order valence-corrected chi connectivity index (χ3v) is 4.94. The van der Waals surface area contributed by atoms with Crippen LogP contribution in [0.5, 0.6) is 0 Å². The molecule has 6 heteroatoms. The number of nitrogens with two attached hydrogens (primary N) is 1. The molecule has 0 saturated heterocycles. The van der Waals surface area contributed by atoms with Crippen molar-refractivity contribution >= 4 is 22.6 Å². The number of Topliss-reactive ketones (excluding diaryl/α,β-unsaturated/α-hetero) is 1. The van der Waals surface area contributed by atoms with Gasteiger partial charge in [-0.15, -0.1) is 0 Å². The second-order valence-electron chi connectivity index (χ2n) is 6.93. The molecule has 0 spiro atoms. The van der Waals surface area contributed by atoms with Crippen molar-refractivity contribution in [1.29, 1.82) is 0 Å². The highest BCUT2D eigenvalue weighted by Crippen LogP contribution is 2.31. The summed E-state index contributed by atoms with van der Waals surface area (Å²) in [6, 6.07) is 17.7. The Kier molecular flexibility index (Phi) is 5.73. The van der Waals surface area contributed by atoms with Gasteiger partial charge in [0.2, 0.25) is 0 Å². The number of nitrogen functional groups attached to an aromatic ring is 1. The summed E-state index contributed by atoms with van der Waals surface area (Å²) in [6.07, 6.45) is 1.46. The number of fused-ring (bicyclic) bond motifs is 1. The highest BCUT2D eigenvalue weighted by Gasteiger charge is 2.19. The maximum absolute atomic E-state index is 11.6. The quantitative estimate of drug-likeness (QED) is 0.501. The van der Waals surface area contributed by atoms with Gasteiger partial charge in [0.15, 0.2) is 11.4 Å². The average molecular weight is 387 g/mol. The monoisotopic (exact) mass is 387 g/mol. The zero-order valence-electron chi connectivity index (χ0n) is 15.8. The number of carbonyl (C=O) groups excluding carboxylic acids is 1. The Morgan fingerprint density at radius 2 is 1.76 bits per heavy atom. The molecule has 0 aliphatic rings. The summed E-state index contributed by atoms with van der Waals surface area (Å²) < 4.78 is 1.89. The van der Waals surface area contributed by atoms with Crippen molar-refractivity contribution in [2.45, 2.75) is 33.7 Å². The molecule has 0 amide bonds. The van der Waals surface area contributed by atoms with Crippen LogP contribution in [0.2, 0.25) is 0 Å². The number of hydrogen-bond acceptors (Lipinski definition) is 5.